The van der Waals surface area contributed by atoms with Crippen LogP contribution in [0.1, 0.15) is 36.0 Å². The minimum Gasteiger partial charge on any atom is -0.372 e. The molecule has 0 aliphatic carbocycles. The number of rotatable bonds is 7. The molecule has 6 heteroatoms. The molecule has 1 N–H and O–H groups in total. The van der Waals surface area contributed by atoms with Gasteiger partial charge in [-0.05, 0) is 55.1 Å². The Morgan fingerprint density at radius 2 is 1.37 bits per heavy atom. The zero-order chi connectivity index (χ0) is 24.3. The number of anilines is 1. The van der Waals surface area contributed by atoms with E-state index in [1.54, 1.807) is 0 Å². The molecule has 0 saturated carbocycles. The van der Waals surface area contributed by atoms with Crippen LogP contribution in [0.3, 0.4) is 0 Å². The van der Waals surface area contributed by atoms with E-state index >= 15 is 0 Å². The Kier molecular flexibility index (Phi) is 6.55. The molecule has 5 rings (SSSR count). The van der Waals surface area contributed by atoms with Gasteiger partial charge in [0.25, 0.3) is 5.91 Å². The van der Waals surface area contributed by atoms with Crippen LogP contribution < -0.4 is 10.2 Å². The number of nitrogens with zero attached hydrogens (tertiary/aromatic N) is 3. The fraction of sp³-hybridized carbons (Fsp3) is 0.310. The minimum atomic E-state index is -1.23. The predicted octanol–water partition coefficient (Wildman–Crippen LogP) is 4.56. The molecule has 3 amide bonds. The van der Waals surface area contributed by atoms with Crippen LogP contribution in [-0.4, -0.2) is 48.5 Å². The van der Waals surface area contributed by atoms with Crippen molar-refractivity contribution < 1.29 is 9.59 Å². The lowest BCUT2D eigenvalue weighted by atomic mass is 9.83. The Hall–Kier alpha value is -3.64. The van der Waals surface area contributed by atoms with Crippen LogP contribution in [0.25, 0.3) is 0 Å². The van der Waals surface area contributed by atoms with Gasteiger partial charge < -0.3 is 10.2 Å². The van der Waals surface area contributed by atoms with Gasteiger partial charge in [-0.25, -0.2) is 9.69 Å². The first-order valence-corrected chi connectivity index (χ1v) is 12.4. The van der Waals surface area contributed by atoms with E-state index in [4.69, 9.17) is 0 Å². The molecule has 2 aliphatic heterocycles. The van der Waals surface area contributed by atoms with Crippen LogP contribution in [0.5, 0.6) is 0 Å². The lowest BCUT2D eigenvalue weighted by molar-refractivity contribution is -0.131. The molecule has 2 saturated heterocycles. The Bertz CT molecular complexity index is 1120. The van der Waals surface area contributed by atoms with Crippen molar-refractivity contribution in [2.45, 2.75) is 31.3 Å². The predicted molar refractivity (Wildman–Crippen MR) is 138 cm³/mol. The van der Waals surface area contributed by atoms with E-state index in [1.807, 2.05) is 72.6 Å². The van der Waals surface area contributed by atoms with E-state index in [0.29, 0.717) is 6.54 Å². The van der Waals surface area contributed by atoms with Crippen molar-refractivity contribution in [3.05, 3.63) is 102 Å². The monoisotopic (exact) mass is 468 g/mol. The van der Waals surface area contributed by atoms with Gasteiger partial charge in [-0.2, -0.15) is 0 Å². The summed E-state index contributed by atoms with van der Waals surface area (Å²) in [6, 6.07) is 27.2. The second kappa shape index (κ2) is 9.92. The van der Waals surface area contributed by atoms with E-state index in [9.17, 15) is 9.59 Å². The number of hydrogen-bond acceptors (Lipinski definition) is 4. The molecule has 0 bridgehead atoms. The summed E-state index contributed by atoms with van der Waals surface area (Å²) < 4.78 is 0. The quantitative estimate of drug-likeness (QED) is 0.517. The molecule has 0 radical (unpaired) electrons. The second-order valence-corrected chi connectivity index (χ2v) is 9.52. The summed E-state index contributed by atoms with van der Waals surface area (Å²) >= 11 is 0. The molecule has 3 aromatic carbocycles. The van der Waals surface area contributed by atoms with Crippen molar-refractivity contribution in [1.29, 1.82) is 0 Å². The van der Waals surface area contributed by atoms with Crippen LogP contribution in [0.15, 0.2) is 84.9 Å². The van der Waals surface area contributed by atoms with Gasteiger partial charge in [0.05, 0.1) is 6.67 Å². The molecule has 35 heavy (non-hydrogen) atoms. The van der Waals surface area contributed by atoms with E-state index in [0.717, 1.165) is 29.8 Å². The molecule has 0 atom stereocenters. The number of benzene rings is 3. The van der Waals surface area contributed by atoms with Crippen molar-refractivity contribution in [3.8, 4) is 0 Å². The Morgan fingerprint density at radius 3 is 1.94 bits per heavy atom. The average molecular weight is 469 g/mol. The zero-order valence-electron chi connectivity index (χ0n) is 20.2. The van der Waals surface area contributed by atoms with E-state index < -0.39 is 5.54 Å². The Balaban J connectivity index is 1.32. The van der Waals surface area contributed by atoms with E-state index in [1.165, 1.54) is 29.8 Å². The Morgan fingerprint density at radius 1 is 0.800 bits per heavy atom. The maximum absolute atomic E-state index is 13.9. The number of imide groups is 1. The number of amides is 3. The van der Waals surface area contributed by atoms with Gasteiger partial charge in [0.15, 0.2) is 5.54 Å². The highest BCUT2D eigenvalue weighted by atomic mass is 16.2. The van der Waals surface area contributed by atoms with Gasteiger partial charge in [0.2, 0.25) is 0 Å². The van der Waals surface area contributed by atoms with E-state index in [2.05, 4.69) is 34.5 Å². The summed E-state index contributed by atoms with van der Waals surface area (Å²) in [5, 5.41) is 3.02. The second-order valence-electron chi connectivity index (χ2n) is 9.52. The van der Waals surface area contributed by atoms with Gasteiger partial charge >= 0.3 is 6.03 Å². The highest BCUT2D eigenvalue weighted by Gasteiger charge is 2.53. The first-order chi connectivity index (χ1) is 17.1. The fourth-order valence-corrected chi connectivity index (χ4v) is 5.21. The molecular weight excluding hydrogens is 436 g/mol. The first-order valence-electron chi connectivity index (χ1n) is 12.4. The SMILES string of the molecule is CN(Cc1ccc(N2CCCCC2)cc1)CN1C(=O)NC(c2ccccc2)(c2ccccc2)C1=O. The zero-order valence-corrected chi connectivity index (χ0v) is 20.2. The van der Waals surface area contributed by atoms with Crippen molar-refractivity contribution in [2.24, 2.45) is 0 Å². The number of piperidine rings is 1. The number of urea groups is 1. The van der Waals surface area contributed by atoms with Crippen molar-refractivity contribution >= 4 is 17.6 Å². The van der Waals surface area contributed by atoms with Gasteiger partial charge in [0.1, 0.15) is 0 Å². The van der Waals surface area contributed by atoms with Crippen molar-refractivity contribution in [3.63, 3.8) is 0 Å². The molecule has 2 fully saturated rings. The lowest BCUT2D eigenvalue weighted by Crippen LogP contribution is -2.46. The van der Waals surface area contributed by atoms with Crippen LogP contribution >= 0.6 is 0 Å². The topological polar surface area (TPSA) is 55.9 Å². The maximum atomic E-state index is 13.9. The third kappa shape index (κ3) is 4.54. The molecular formula is C29H32N4O2. The first kappa shape index (κ1) is 23.1. The molecule has 2 aliphatic rings. The molecule has 0 unspecified atom stereocenters. The van der Waals surface area contributed by atoms with Crippen molar-refractivity contribution in [1.82, 2.24) is 15.1 Å². The summed E-state index contributed by atoms with van der Waals surface area (Å²) in [6.07, 6.45) is 3.83. The van der Waals surface area contributed by atoms with E-state index in [-0.39, 0.29) is 18.6 Å². The number of carbonyl (C=O) groups excluding carboxylic acids is 2. The fourth-order valence-electron chi connectivity index (χ4n) is 5.21. The highest BCUT2D eigenvalue weighted by Crippen LogP contribution is 2.36. The van der Waals surface area contributed by atoms with Gasteiger partial charge in [0, 0.05) is 25.3 Å². The highest BCUT2D eigenvalue weighted by molar-refractivity contribution is 6.09. The van der Waals surface area contributed by atoms with Crippen molar-refractivity contribution in [2.75, 3.05) is 31.7 Å². The van der Waals surface area contributed by atoms with Crippen LogP contribution in [0, 0.1) is 0 Å². The van der Waals surface area contributed by atoms with Gasteiger partial charge in [-0.3, -0.25) is 9.69 Å². The summed E-state index contributed by atoms with van der Waals surface area (Å²) in [5.41, 5.74) is 2.70. The molecule has 180 valence electrons. The summed E-state index contributed by atoms with van der Waals surface area (Å²) in [5.74, 6) is -0.257. The number of nitrogens with one attached hydrogen (secondary N) is 1. The normalized spacial score (nSPS) is 17.7. The molecule has 0 aromatic heterocycles. The number of hydrogen-bond donors (Lipinski definition) is 1. The summed E-state index contributed by atoms with van der Waals surface area (Å²) in [4.78, 5) is 32.7. The van der Waals surface area contributed by atoms with Crippen LogP contribution in [0.4, 0.5) is 10.5 Å². The number of carbonyl (C=O) groups is 2. The third-order valence-corrected chi connectivity index (χ3v) is 7.01. The largest absolute Gasteiger partial charge is 0.372 e. The van der Waals surface area contributed by atoms with Crippen LogP contribution in [-0.2, 0) is 16.9 Å². The molecule has 2 heterocycles. The summed E-state index contributed by atoms with van der Waals surface area (Å²) in [6.45, 7) is 3.09. The standard InChI is InChI=1S/C29H32N4O2/c1-31(21-23-15-17-26(18-16-23)32-19-9-4-10-20-32)22-33-27(34)29(30-28(33)35,24-11-5-2-6-12-24)25-13-7-3-8-14-25/h2-3,5-8,11-18H,4,9-10,19-22H2,1H3,(H,30,35). The summed E-state index contributed by atoms with van der Waals surface area (Å²) in [7, 11) is 1.93. The molecule has 0 spiro atoms. The van der Waals surface area contributed by atoms with Gasteiger partial charge in [-0.15, -0.1) is 0 Å². The minimum absolute atomic E-state index is 0.208. The average Bonchev–Trinajstić information content (AvgIpc) is 3.16. The lowest BCUT2D eigenvalue weighted by Gasteiger charge is -2.29. The smallest absolute Gasteiger partial charge is 0.326 e. The third-order valence-electron chi connectivity index (χ3n) is 7.01. The molecule has 6 nitrogen and oxygen atoms in total. The van der Waals surface area contributed by atoms with Crippen LogP contribution in [0.2, 0.25) is 0 Å². The maximum Gasteiger partial charge on any atom is 0.326 e. The Labute approximate surface area is 207 Å². The van der Waals surface area contributed by atoms with Gasteiger partial charge in [-0.1, -0.05) is 72.8 Å². The molecule has 3 aromatic rings.